The van der Waals surface area contributed by atoms with Crippen molar-refractivity contribution in [2.75, 3.05) is 6.61 Å². The van der Waals surface area contributed by atoms with Gasteiger partial charge < -0.3 is 9.47 Å². The van der Waals surface area contributed by atoms with Crippen molar-refractivity contribution in [3.8, 4) is 0 Å². The highest BCUT2D eigenvalue weighted by atomic mass is 16.7. The minimum Gasteiger partial charge on any atom is -0.353 e. The van der Waals surface area contributed by atoms with Crippen molar-refractivity contribution in [1.29, 1.82) is 0 Å². The molecule has 0 aromatic rings. The first-order valence-electron chi connectivity index (χ1n) is 4.59. The van der Waals surface area contributed by atoms with E-state index >= 15 is 0 Å². The third-order valence-corrected chi connectivity index (χ3v) is 1.48. The molecule has 0 aliphatic heterocycles. The molecule has 0 aliphatic carbocycles. The number of unbranched alkanes of at least 4 members (excludes halogenated alkanes) is 2. The lowest BCUT2D eigenvalue weighted by atomic mass is 10.3. The smallest absolute Gasteiger partial charge is 0.191 e. The van der Waals surface area contributed by atoms with Crippen LogP contribution < -0.4 is 0 Å². The van der Waals surface area contributed by atoms with E-state index in [1.165, 1.54) is 19.8 Å². The first-order valence-corrected chi connectivity index (χ1v) is 4.59. The molecular weight excluding hydrogens is 156 g/mol. The Morgan fingerprint density at radius 2 is 1.92 bits per heavy atom. The molecule has 0 spiro atoms. The summed E-state index contributed by atoms with van der Waals surface area (Å²) in [5.41, 5.74) is 0. The molecule has 0 aliphatic rings. The fourth-order valence-electron chi connectivity index (χ4n) is 0.911. The molecule has 12 heavy (non-hydrogen) atoms. The zero-order chi connectivity index (χ0) is 9.40. The Balaban J connectivity index is 3.14. The van der Waals surface area contributed by atoms with Gasteiger partial charge in [0.25, 0.3) is 0 Å². The summed E-state index contributed by atoms with van der Waals surface area (Å²) in [5.74, 6) is 0. The molecule has 3 nitrogen and oxygen atoms in total. The predicted octanol–water partition coefficient (Wildman–Crippen LogP) is 2.33. The van der Waals surface area contributed by atoms with Gasteiger partial charge in [0, 0.05) is 6.61 Å². The van der Waals surface area contributed by atoms with E-state index in [1.807, 2.05) is 0 Å². The van der Waals surface area contributed by atoms with Gasteiger partial charge in [-0.25, -0.2) is 5.11 Å². The Labute approximate surface area is 74.7 Å². The van der Waals surface area contributed by atoms with Crippen LogP contribution >= 0.6 is 0 Å². The second-order valence-corrected chi connectivity index (χ2v) is 2.85. The molecule has 73 valence electrons. The van der Waals surface area contributed by atoms with Gasteiger partial charge in [0.1, 0.15) is 0 Å². The van der Waals surface area contributed by atoms with Gasteiger partial charge in [-0.1, -0.05) is 19.8 Å². The van der Waals surface area contributed by atoms with Gasteiger partial charge >= 0.3 is 0 Å². The quantitative estimate of drug-likeness (QED) is 0.440. The summed E-state index contributed by atoms with van der Waals surface area (Å²) in [7, 11) is 0. The number of hydrogen-bond acceptors (Lipinski definition) is 2. The van der Waals surface area contributed by atoms with Crippen LogP contribution in [0.15, 0.2) is 0 Å². The van der Waals surface area contributed by atoms with E-state index in [0.29, 0.717) is 6.61 Å². The summed E-state index contributed by atoms with van der Waals surface area (Å²) < 4.78 is 10.1. The number of rotatable bonds is 7. The topological polar surface area (TPSA) is 38.4 Å². The van der Waals surface area contributed by atoms with Crippen molar-refractivity contribution in [3.63, 3.8) is 0 Å². The normalized spacial score (nSPS) is 16.0. The molecule has 0 saturated carbocycles. The summed E-state index contributed by atoms with van der Waals surface area (Å²) >= 11 is 0. The van der Waals surface area contributed by atoms with E-state index in [2.05, 4.69) is 6.92 Å². The van der Waals surface area contributed by atoms with Gasteiger partial charge in [0.2, 0.25) is 0 Å². The summed E-state index contributed by atoms with van der Waals surface area (Å²) in [6.45, 7) is 6.04. The van der Waals surface area contributed by atoms with Crippen molar-refractivity contribution in [3.05, 3.63) is 0 Å². The van der Waals surface area contributed by atoms with Crippen LogP contribution in [-0.2, 0) is 14.6 Å². The molecule has 0 aromatic heterocycles. The second kappa shape index (κ2) is 7.53. The predicted molar refractivity (Wildman–Crippen MR) is 46.2 cm³/mol. The van der Waals surface area contributed by atoms with Crippen LogP contribution in [0.25, 0.3) is 0 Å². The van der Waals surface area contributed by atoms with Crippen LogP contribution in [0.4, 0.5) is 0 Å². The minimum absolute atomic E-state index is 0.366. The fourth-order valence-corrected chi connectivity index (χ4v) is 0.911. The van der Waals surface area contributed by atoms with Crippen molar-refractivity contribution < 1.29 is 14.6 Å². The Morgan fingerprint density at radius 3 is 2.42 bits per heavy atom. The summed E-state index contributed by atoms with van der Waals surface area (Å²) in [5, 5.41) is 10.5. The molecule has 1 radical (unpaired) electrons. The molecule has 0 amide bonds. The van der Waals surface area contributed by atoms with E-state index in [1.54, 1.807) is 6.92 Å². The van der Waals surface area contributed by atoms with Crippen molar-refractivity contribution in [1.82, 2.24) is 0 Å². The molecule has 3 heteroatoms. The van der Waals surface area contributed by atoms with Gasteiger partial charge in [0.05, 0.1) is 0 Å². The van der Waals surface area contributed by atoms with Gasteiger partial charge in [-0.2, -0.15) is 0 Å². The van der Waals surface area contributed by atoms with Crippen molar-refractivity contribution >= 4 is 0 Å². The monoisotopic (exact) mass is 175 g/mol. The van der Waals surface area contributed by atoms with Crippen LogP contribution in [-0.4, -0.2) is 19.2 Å². The maximum Gasteiger partial charge on any atom is 0.191 e. The molecular formula is C9H19O3. The molecule has 0 fully saturated rings. The molecule has 0 aromatic carbocycles. The average Bonchev–Trinajstić information content (AvgIpc) is 1.97. The Morgan fingerprint density at radius 1 is 1.25 bits per heavy atom. The third-order valence-electron chi connectivity index (χ3n) is 1.48. The summed E-state index contributed by atoms with van der Waals surface area (Å²) in [4.78, 5) is 0. The molecule has 2 atom stereocenters. The van der Waals surface area contributed by atoms with Gasteiger partial charge in [0.15, 0.2) is 12.6 Å². The standard InChI is InChI=1S/C9H19O3/c1-4-5-6-7-11-9(3)12-8(2)10/h8-9H,4-7H2,1-3H3. The van der Waals surface area contributed by atoms with Gasteiger partial charge in [-0.3, -0.25) is 0 Å². The molecule has 0 rings (SSSR count). The molecule has 0 heterocycles. The molecule has 2 unspecified atom stereocenters. The van der Waals surface area contributed by atoms with E-state index in [9.17, 15) is 5.11 Å². The van der Waals surface area contributed by atoms with E-state index in [4.69, 9.17) is 9.47 Å². The molecule has 0 N–H and O–H groups in total. The highest BCUT2D eigenvalue weighted by molar-refractivity contribution is 4.38. The van der Waals surface area contributed by atoms with Crippen molar-refractivity contribution in [2.24, 2.45) is 0 Å². The largest absolute Gasteiger partial charge is 0.353 e. The van der Waals surface area contributed by atoms with E-state index in [-0.39, 0.29) is 6.29 Å². The first-order chi connectivity index (χ1) is 5.66. The number of ether oxygens (including phenoxy) is 2. The second-order valence-electron chi connectivity index (χ2n) is 2.85. The Kier molecular flexibility index (Phi) is 7.45. The maximum atomic E-state index is 10.5. The zero-order valence-electron chi connectivity index (χ0n) is 8.21. The Hall–Kier alpha value is -0.120. The average molecular weight is 175 g/mol. The van der Waals surface area contributed by atoms with Crippen LogP contribution in [0.2, 0.25) is 0 Å². The highest BCUT2D eigenvalue weighted by Crippen LogP contribution is 2.00. The third kappa shape index (κ3) is 7.98. The first kappa shape index (κ1) is 11.9. The maximum absolute atomic E-state index is 10.5. The van der Waals surface area contributed by atoms with Crippen molar-refractivity contribution in [2.45, 2.75) is 52.6 Å². The Bertz CT molecular complexity index is 93.8. The minimum atomic E-state index is -0.994. The molecule has 0 saturated heterocycles. The van der Waals surface area contributed by atoms with E-state index < -0.39 is 6.29 Å². The lowest BCUT2D eigenvalue weighted by molar-refractivity contribution is -0.232. The summed E-state index contributed by atoms with van der Waals surface area (Å²) in [6.07, 6.45) is 2.02. The molecule has 0 bridgehead atoms. The lowest BCUT2D eigenvalue weighted by Crippen LogP contribution is -2.19. The van der Waals surface area contributed by atoms with Crippen LogP contribution in [0.1, 0.15) is 40.0 Å². The highest BCUT2D eigenvalue weighted by Gasteiger charge is 2.05. The van der Waals surface area contributed by atoms with Crippen LogP contribution in [0, 0.1) is 0 Å². The SMILES string of the molecule is CCCCCOC(C)OC(C)[O]. The van der Waals surface area contributed by atoms with Gasteiger partial charge in [-0.15, -0.1) is 0 Å². The van der Waals surface area contributed by atoms with Gasteiger partial charge in [-0.05, 0) is 20.3 Å². The number of hydrogen-bond donors (Lipinski definition) is 0. The van der Waals surface area contributed by atoms with Crippen LogP contribution in [0.3, 0.4) is 0 Å². The van der Waals surface area contributed by atoms with E-state index in [0.717, 1.165) is 6.42 Å². The zero-order valence-corrected chi connectivity index (χ0v) is 8.21. The fraction of sp³-hybridized carbons (Fsp3) is 1.00. The summed E-state index contributed by atoms with van der Waals surface area (Å²) in [6, 6.07) is 0. The lowest BCUT2D eigenvalue weighted by Gasteiger charge is -2.14. The van der Waals surface area contributed by atoms with Crippen LogP contribution in [0.5, 0.6) is 0 Å².